The number of rotatable bonds is 7. The molecule has 1 aliphatic heterocycles. The number of carbonyl (C=O) groups excluding carboxylic acids is 3. The first-order chi connectivity index (χ1) is 14.5. The Morgan fingerprint density at radius 1 is 1.06 bits per heavy atom. The molecule has 0 bridgehead atoms. The number of imide groups is 1. The molecule has 10 heteroatoms. The Hall–Kier alpha value is -2.46. The van der Waals surface area contributed by atoms with Crippen LogP contribution in [-0.2, 0) is 24.3 Å². The number of nitrogens with one attached hydrogen (secondary N) is 2. The minimum absolute atomic E-state index is 0.134. The molecular weight excluding hydrogens is 422 g/mol. The average Bonchev–Trinajstić information content (AvgIpc) is 2.71. The van der Waals surface area contributed by atoms with Crippen LogP contribution in [0.3, 0.4) is 0 Å². The van der Waals surface area contributed by atoms with Crippen LogP contribution in [0.25, 0.3) is 0 Å². The lowest BCUT2D eigenvalue weighted by Crippen LogP contribution is -2.44. The number of nitrogens with zero attached hydrogens (tertiary/aromatic N) is 1. The first kappa shape index (κ1) is 24.8. The van der Waals surface area contributed by atoms with E-state index in [4.69, 9.17) is 4.74 Å². The first-order valence-electron chi connectivity index (χ1n) is 10.4. The van der Waals surface area contributed by atoms with Crippen molar-refractivity contribution in [1.82, 2.24) is 14.9 Å². The fourth-order valence-corrected chi connectivity index (χ4v) is 4.69. The Balaban J connectivity index is 1.84. The van der Waals surface area contributed by atoms with Crippen molar-refractivity contribution in [2.45, 2.75) is 57.4 Å². The molecule has 1 heterocycles. The van der Waals surface area contributed by atoms with Crippen molar-refractivity contribution >= 4 is 27.9 Å². The summed E-state index contributed by atoms with van der Waals surface area (Å²) in [6, 6.07) is 6.06. The zero-order valence-corrected chi connectivity index (χ0v) is 19.2. The molecule has 0 aromatic heterocycles. The van der Waals surface area contributed by atoms with Gasteiger partial charge in [0.15, 0.2) is 6.61 Å². The van der Waals surface area contributed by atoms with Crippen molar-refractivity contribution in [3.63, 3.8) is 0 Å². The average molecular weight is 454 g/mol. The highest BCUT2D eigenvalue weighted by Gasteiger charge is 2.33. The topological polar surface area (TPSA) is 122 Å². The van der Waals surface area contributed by atoms with Gasteiger partial charge in [-0.3, -0.25) is 14.9 Å². The third kappa shape index (κ3) is 7.03. The second-order valence-electron chi connectivity index (χ2n) is 8.19. The molecule has 1 aromatic rings. The molecule has 1 fully saturated rings. The summed E-state index contributed by atoms with van der Waals surface area (Å²) >= 11 is 0. The number of hydrogen-bond donors (Lipinski definition) is 2. The molecule has 0 unspecified atom stereocenters. The Morgan fingerprint density at radius 2 is 1.65 bits per heavy atom. The lowest BCUT2D eigenvalue weighted by atomic mass is 9.98. The maximum absolute atomic E-state index is 12.9. The predicted molar refractivity (Wildman–Crippen MR) is 115 cm³/mol. The number of esters is 1. The highest BCUT2D eigenvalue weighted by molar-refractivity contribution is 7.89. The van der Waals surface area contributed by atoms with Crippen LogP contribution >= 0.6 is 0 Å². The van der Waals surface area contributed by atoms with Crippen molar-refractivity contribution in [1.29, 1.82) is 0 Å². The first-order valence-corrected chi connectivity index (χ1v) is 11.8. The van der Waals surface area contributed by atoms with E-state index in [1.54, 1.807) is 26.0 Å². The number of piperidine rings is 1. The molecule has 0 radical (unpaired) electrons. The smallest absolute Gasteiger partial charge is 0.321 e. The van der Waals surface area contributed by atoms with E-state index in [0.717, 1.165) is 5.56 Å². The summed E-state index contributed by atoms with van der Waals surface area (Å²) < 4.78 is 32.1. The number of sulfonamides is 1. The number of benzene rings is 1. The van der Waals surface area contributed by atoms with Crippen molar-refractivity contribution in [2.24, 2.45) is 5.92 Å². The summed E-state index contributed by atoms with van der Waals surface area (Å²) in [4.78, 5) is 35.6. The summed E-state index contributed by atoms with van der Waals surface area (Å²) in [6.07, 6.45) is 0.606. The van der Waals surface area contributed by atoms with E-state index in [1.165, 1.54) is 4.31 Å². The molecule has 0 saturated carbocycles. The summed E-state index contributed by atoms with van der Waals surface area (Å²) in [5.74, 6) is -1.48. The Morgan fingerprint density at radius 3 is 2.16 bits per heavy atom. The predicted octanol–water partition coefficient (Wildman–Crippen LogP) is 1.99. The zero-order valence-electron chi connectivity index (χ0n) is 18.4. The molecular formula is C21H31N3O6S. The second kappa shape index (κ2) is 10.7. The van der Waals surface area contributed by atoms with E-state index in [1.807, 2.05) is 26.0 Å². The van der Waals surface area contributed by atoms with Gasteiger partial charge in [0.1, 0.15) is 0 Å². The molecule has 2 N–H and O–H groups in total. The largest absolute Gasteiger partial charge is 0.455 e. The lowest BCUT2D eigenvalue weighted by Gasteiger charge is -2.30. The molecule has 9 nitrogen and oxygen atoms in total. The van der Waals surface area contributed by atoms with E-state index in [0.29, 0.717) is 18.8 Å². The van der Waals surface area contributed by atoms with Crippen LogP contribution in [0.1, 0.15) is 52.0 Å². The number of ether oxygens (including phenoxy) is 1. The maximum Gasteiger partial charge on any atom is 0.321 e. The van der Waals surface area contributed by atoms with Gasteiger partial charge in [-0.15, -0.1) is 0 Å². The normalized spacial score (nSPS) is 15.7. The van der Waals surface area contributed by atoms with Crippen molar-refractivity contribution in [3.8, 4) is 0 Å². The van der Waals surface area contributed by atoms with Gasteiger partial charge in [-0.2, -0.15) is 4.31 Å². The summed E-state index contributed by atoms with van der Waals surface area (Å²) in [6.45, 7) is 7.39. The van der Waals surface area contributed by atoms with Crippen LogP contribution < -0.4 is 10.6 Å². The lowest BCUT2D eigenvalue weighted by molar-refractivity contribution is -0.153. The van der Waals surface area contributed by atoms with Gasteiger partial charge >= 0.3 is 12.0 Å². The van der Waals surface area contributed by atoms with E-state index in [2.05, 4.69) is 10.6 Å². The molecule has 1 aromatic carbocycles. The van der Waals surface area contributed by atoms with Gasteiger partial charge in [-0.25, -0.2) is 13.2 Å². The van der Waals surface area contributed by atoms with E-state index >= 15 is 0 Å². The third-order valence-electron chi connectivity index (χ3n) is 4.99. The fourth-order valence-electron chi connectivity index (χ4n) is 3.22. The second-order valence-corrected chi connectivity index (χ2v) is 10.1. The van der Waals surface area contributed by atoms with Crippen LogP contribution in [0.4, 0.5) is 4.79 Å². The van der Waals surface area contributed by atoms with Gasteiger partial charge in [0.2, 0.25) is 10.0 Å². The molecule has 3 amide bonds. The van der Waals surface area contributed by atoms with Gasteiger partial charge in [-0.1, -0.05) is 26.0 Å². The number of urea groups is 1. The minimum atomic E-state index is -3.63. The van der Waals surface area contributed by atoms with Crippen LogP contribution in [-0.4, -0.2) is 56.4 Å². The molecule has 1 saturated heterocycles. The van der Waals surface area contributed by atoms with Gasteiger partial charge in [0.05, 0.1) is 10.8 Å². The van der Waals surface area contributed by atoms with Gasteiger partial charge in [-0.05, 0) is 50.3 Å². The third-order valence-corrected chi connectivity index (χ3v) is 6.90. The van der Waals surface area contributed by atoms with Crippen LogP contribution in [0, 0.1) is 5.92 Å². The highest BCUT2D eigenvalue weighted by atomic mass is 32.2. The monoisotopic (exact) mass is 453 g/mol. The van der Waals surface area contributed by atoms with Crippen LogP contribution in [0.2, 0.25) is 0 Å². The zero-order chi connectivity index (χ0) is 23.2. The molecule has 2 rings (SSSR count). The molecule has 172 valence electrons. The Labute approximate surface area is 183 Å². The number of amides is 3. The number of carbonyl (C=O) groups is 3. The Bertz CT molecular complexity index is 888. The maximum atomic E-state index is 12.9. The highest BCUT2D eigenvalue weighted by Crippen LogP contribution is 2.25. The van der Waals surface area contributed by atoms with Crippen LogP contribution in [0.5, 0.6) is 0 Å². The van der Waals surface area contributed by atoms with E-state index < -0.39 is 40.5 Å². The molecule has 1 aliphatic rings. The minimum Gasteiger partial charge on any atom is -0.455 e. The summed E-state index contributed by atoms with van der Waals surface area (Å²) in [5.41, 5.74) is 1.06. The fraction of sp³-hybridized carbons (Fsp3) is 0.571. The van der Waals surface area contributed by atoms with Crippen molar-refractivity contribution in [2.75, 3.05) is 19.7 Å². The molecule has 31 heavy (non-hydrogen) atoms. The van der Waals surface area contributed by atoms with E-state index in [9.17, 15) is 22.8 Å². The quantitative estimate of drug-likeness (QED) is 0.609. The van der Waals surface area contributed by atoms with Gasteiger partial charge in [0, 0.05) is 19.1 Å². The molecule has 0 aliphatic carbocycles. The molecule has 0 spiro atoms. The SMILES string of the molecule is CC(C)NC(=O)NC(=O)COC(=O)C1CCN(S(=O)(=O)c2ccc(C(C)C)cc2)CC1. The van der Waals surface area contributed by atoms with E-state index in [-0.39, 0.29) is 24.0 Å². The standard InChI is InChI=1S/C21H31N3O6S/c1-14(2)16-5-7-18(8-6-16)31(28,29)24-11-9-17(10-12-24)20(26)30-13-19(25)23-21(27)22-15(3)4/h5-8,14-15,17H,9-13H2,1-4H3,(H2,22,23,25,27). The molecule has 0 atom stereocenters. The number of hydrogen-bond acceptors (Lipinski definition) is 6. The van der Waals surface area contributed by atoms with Gasteiger partial charge < -0.3 is 10.1 Å². The van der Waals surface area contributed by atoms with Crippen molar-refractivity contribution in [3.05, 3.63) is 29.8 Å². The summed E-state index contributed by atoms with van der Waals surface area (Å²) in [7, 11) is -3.63. The van der Waals surface area contributed by atoms with Crippen molar-refractivity contribution < 1.29 is 27.5 Å². The summed E-state index contributed by atoms with van der Waals surface area (Å²) in [5, 5.41) is 4.56. The Kier molecular flexibility index (Phi) is 8.58. The van der Waals surface area contributed by atoms with Gasteiger partial charge in [0.25, 0.3) is 5.91 Å². The van der Waals surface area contributed by atoms with Crippen LogP contribution in [0.15, 0.2) is 29.2 Å².